The summed E-state index contributed by atoms with van der Waals surface area (Å²) < 4.78 is 0. The van der Waals surface area contributed by atoms with E-state index in [-0.39, 0.29) is 18.2 Å². The van der Waals surface area contributed by atoms with E-state index in [1.165, 1.54) is 18.2 Å². The summed E-state index contributed by atoms with van der Waals surface area (Å²) in [5, 5.41) is 24.3. The average Bonchev–Trinajstić information content (AvgIpc) is 3.36. The molecule has 2 unspecified atom stereocenters. The number of aromatic nitrogens is 2. The third-order valence-corrected chi connectivity index (χ3v) is 5.24. The molecule has 0 saturated carbocycles. The van der Waals surface area contributed by atoms with Gasteiger partial charge >= 0.3 is 7.12 Å². The highest BCUT2D eigenvalue weighted by Gasteiger charge is 2.40. The molecule has 4 atom stereocenters. The highest BCUT2D eigenvalue weighted by atomic mass is 16.4. The van der Waals surface area contributed by atoms with Crippen LogP contribution in [0.5, 0.6) is 0 Å². The summed E-state index contributed by atoms with van der Waals surface area (Å²) in [5.41, 5.74) is 6.58. The van der Waals surface area contributed by atoms with Crippen molar-refractivity contribution < 1.29 is 24.4 Å². The summed E-state index contributed by atoms with van der Waals surface area (Å²) in [6.45, 7) is 5.48. The molecule has 2 rings (SSSR count). The monoisotopic (exact) mass is 422 g/mol. The van der Waals surface area contributed by atoms with Gasteiger partial charge in [0.05, 0.1) is 18.3 Å². The fourth-order valence-corrected chi connectivity index (χ4v) is 3.46. The predicted molar refractivity (Wildman–Crippen MR) is 110 cm³/mol. The van der Waals surface area contributed by atoms with Gasteiger partial charge in [0.2, 0.25) is 17.7 Å². The number of amides is 3. The van der Waals surface area contributed by atoms with Gasteiger partial charge in [-0.05, 0) is 25.7 Å². The Kier molecular flexibility index (Phi) is 8.38. The molecule has 1 fully saturated rings. The van der Waals surface area contributed by atoms with Crippen LogP contribution in [0.1, 0.15) is 39.3 Å². The summed E-state index contributed by atoms with van der Waals surface area (Å²) >= 11 is 0. The van der Waals surface area contributed by atoms with Crippen LogP contribution in [0.4, 0.5) is 0 Å². The molecule has 1 aromatic rings. The van der Waals surface area contributed by atoms with Crippen LogP contribution >= 0.6 is 0 Å². The number of hydrogen-bond donors (Lipinski definition) is 6. The Labute approximate surface area is 175 Å². The lowest BCUT2D eigenvalue weighted by molar-refractivity contribution is -0.138. The Hall–Kier alpha value is -2.44. The predicted octanol–water partition coefficient (Wildman–Crippen LogP) is -2.07. The lowest BCUT2D eigenvalue weighted by Gasteiger charge is -2.31. The van der Waals surface area contributed by atoms with Crippen molar-refractivity contribution in [3.05, 3.63) is 18.2 Å². The minimum Gasteiger partial charge on any atom is -0.426 e. The molecule has 2 heterocycles. The molecule has 0 radical (unpaired) electrons. The van der Waals surface area contributed by atoms with Crippen molar-refractivity contribution in [2.24, 2.45) is 11.7 Å². The molecule has 0 aliphatic carbocycles. The summed E-state index contributed by atoms with van der Waals surface area (Å²) in [6.07, 6.45) is 4.44. The maximum atomic E-state index is 12.9. The van der Waals surface area contributed by atoms with Crippen molar-refractivity contribution in [2.45, 2.75) is 64.1 Å². The van der Waals surface area contributed by atoms with E-state index in [0.717, 1.165) is 0 Å². The molecular weight excluding hydrogens is 391 g/mol. The fourth-order valence-electron chi connectivity index (χ4n) is 3.46. The first-order chi connectivity index (χ1) is 14.1. The number of carbonyl (C=O) groups is 3. The number of H-pyrrole nitrogens is 1. The van der Waals surface area contributed by atoms with E-state index in [2.05, 4.69) is 20.6 Å². The topological polar surface area (TPSA) is 174 Å². The second-order valence-corrected chi connectivity index (χ2v) is 8.00. The van der Waals surface area contributed by atoms with Crippen LogP contribution in [-0.4, -0.2) is 80.4 Å². The zero-order valence-electron chi connectivity index (χ0n) is 17.5. The largest absolute Gasteiger partial charge is 0.475 e. The number of likely N-dealkylation sites (tertiary alicyclic amines) is 1. The van der Waals surface area contributed by atoms with Crippen molar-refractivity contribution >= 4 is 24.8 Å². The first kappa shape index (κ1) is 23.8. The number of hydrogen-bond acceptors (Lipinski definition) is 7. The quantitative estimate of drug-likeness (QED) is 0.248. The molecule has 7 N–H and O–H groups in total. The first-order valence-electron chi connectivity index (χ1n) is 10.1. The molecule has 11 nitrogen and oxygen atoms in total. The normalized spacial score (nSPS) is 19.3. The SMILES string of the molecule is CC(C)C(NC(=O)[C@H](C)NC(=O)C(N)Cc1cnc[nH]1)C(=O)N1CCC[C@H]1B(O)O. The van der Waals surface area contributed by atoms with E-state index in [0.29, 0.717) is 25.1 Å². The van der Waals surface area contributed by atoms with E-state index < -0.39 is 43.0 Å². The highest BCUT2D eigenvalue weighted by Crippen LogP contribution is 2.20. The van der Waals surface area contributed by atoms with E-state index in [4.69, 9.17) is 5.73 Å². The number of aromatic amines is 1. The summed E-state index contributed by atoms with van der Waals surface area (Å²) in [7, 11) is -1.63. The van der Waals surface area contributed by atoms with Crippen LogP contribution in [0.15, 0.2) is 12.5 Å². The Morgan fingerprint density at radius 3 is 2.57 bits per heavy atom. The van der Waals surface area contributed by atoms with Gasteiger partial charge in [0.15, 0.2) is 0 Å². The Bertz CT molecular complexity index is 729. The molecule has 30 heavy (non-hydrogen) atoms. The number of rotatable bonds is 9. The van der Waals surface area contributed by atoms with Gasteiger partial charge in [0.25, 0.3) is 0 Å². The zero-order chi connectivity index (χ0) is 22.4. The maximum Gasteiger partial charge on any atom is 0.475 e. The maximum absolute atomic E-state index is 12.9. The van der Waals surface area contributed by atoms with Crippen LogP contribution in [0, 0.1) is 5.92 Å². The number of imidazole rings is 1. The van der Waals surface area contributed by atoms with Crippen LogP contribution in [0.2, 0.25) is 0 Å². The highest BCUT2D eigenvalue weighted by molar-refractivity contribution is 6.43. The van der Waals surface area contributed by atoms with Crippen molar-refractivity contribution in [3.8, 4) is 0 Å². The molecule has 0 bridgehead atoms. The molecule has 0 aromatic carbocycles. The Balaban J connectivity index is 1.95. The third kappa shape index (κ3) is 6.03. The molecular formula is C18H31BN6O5. The smallest absolute Gasteiger partial charge is 0.426 e. The number of carbonyl (C=O) groups excluding carboxylic acids is 3. The van der Waals surface area contributed by atoms with E-state index in [1.807, 2.05) is 0 Å². The van der Waals surface area contributed by atoms with E-state index in [1.54, 1.807) is 20.0 Å². The second kappa shape index (κ2) is 10.6. The fraction of sp³-hybridized carbons (Fsp3) is 0.667. The average molecular weight is 422 g/mol. The molecule has 1 aliphatic heterocycles. The van der Waals surface area contributed by atoms with Crippen LogP contribution < -0.4 is 16.4 Å². The van der Waals surface area contributed by atoms with Crippen molar-refractivity contribution in [3.63, 3.8) is 0 Å². The van der Waals surface area contributed by atoms with Crippen molar-refractivity contribution in [1.82, 2.24) is 25.5 Å². The van der Waals surface area contributed by atoms with Gasteiger partial charge in [-0.2, -0.15) is 0 Å². The zero-order valence-corrected chi connectivity index (χ0v) is 17.5. The van der Waals surface area contributed by atoms with Crippen LogP contribution in [-0.2, 0) is 20.8 Å². The number of nitrogens with two attached hydrogens (primary N) is 1. The van der Waals surface area contributed by atoms with Gasteiger partial charge in [-0.3, -0.25) is 14.4 Å². The van der Waals surface area contributed by atoms with Gasteiger partial charge in [-0.1, -0.05) is 13.8 Å². The van der Waals surface area contributed by atoms with Gasteiger partial charge in [0, 0.05) is 24.9 Å². The first-order valence-corrected chi connectivity index (χ1v) is 10.1. The number of nitrogens with one attached hydrogen (secondary N) is 3. The second-order valence-electron chi connectivity index (χ2n) is 8.00. The summed E-state index contributed by atoms with van der Waals surface area (Å²) in [4.78, 5) is 46.0. The molecule has 0 spiro atoms. The van der Waals surface area contributed by atoms with Crippen molar-refractivity contribution in [2.75, 3.05) is 6.54 Å². The summed E-state index contributed by atoms with van der Waals surface area (Å²) in [5.74, 6) is -2.31. The standard InChI is InChI=1S/C18H31BN6O5/c1-10(2)15(18(28)25-6-4-5-14(25)19(29)30)24-16(26)11(3)23-17(27)13(20)7-12-8-21-9-22-12/h8-11,13-15,29-30H,4-7,20H2,1-3H3,(H,21,22)(H,23,27)(H,24,26)/t11-,13?,14-,15?/m0/s1. The van der Waals surface area contributed by atoms with Gasteiger partial charge in [-0.15, -0.1) is 0 Å². The van der Waals surface area contributed by atoms with Crippen LogP contribution in [0.25, 0.3) is 0 Å². The molecule has 166 valence electrons. The van der Waals surface area contributed by atoms with E-state index >= 15 is 0 Å². The lowest BCUT2D eigenvalue weighted by Crippen LogP contribution is -2.58. The van der Waals surface area contributed by atoms with Gasteiger partial charge in [0.1, 0.15) is 12.1 Å². The van der Waals surface area contributed by atoms with Crippen LogP contribution in [0.3, 0.4) is 0 Å². The van der Waals surface area contributed by atoms with Gasteiger partial charge in [-0.25, -0.2) is 4.98 Å². The van der Waals surface area contributed by atoms with E-state index in [9.17, 15) is 24.4 Å². The molecule has 3 amide bonds. The Morgan fingerprint density at radius 2 is 2.00 bits per heavy atom. The molecule has 12 heteroatoms. The molecule has 1 saturated heterocycles. The molecule has 1 aliphatic rings. The minimum absolute atomic E-state index is 0.232. The lowest BCUT2D eigenvalue weighted by atomic mass is 9.77. The minimum atomic E-state index is -1.63. The van der Waals surface area contributed by atoms with Gasteiger partial charge < -0.3 is 36.3 Å². The molecule has 1 aromatic heterocycles. The van der Waals surface area contributed by atoms with Crippen molar-refractivity contribution in [1.29, 1.82) is 0 Å². The Morgan fingerprint density at radius 1 is 1.30 bits per heavy atom. The summed E-state index contributed by atoms with van der Waals surface area (Å²) in [6, 6.07) is -2.62. The third-order valence-electron chi connectivity index (χ3n) is 5.24. The number of nitrogens with zero attached hydrogens (tertiary/aromatic N) is 2.